The first-order valence-corrected chi connectivity index (χ1v) is 4.50. The van der Waals surface area contributed by atoms with Crippen molar-refractivity contribution in [1.82, 2.24) is 0 Å². The van der Waals surface area contributed by atoms with Gasteiger partial charge in [-0.3, -0.25) is 4.79 Å². The molecule has 4 heteroatoms. The molecule has 1 aromatic rings. The molecule has 2 rings (SSSR count). The van der Waals surface area contributed by atoms with Crippen LogP contribution in [0.4, 0.5) is 0 Å². The van der Waals surface area contributed by atoms with Crippen LogP contribution in [0.15, 0.2) is 12.1 Å². The summed E-state index contributed by atoms with van der Waals surface area (Å²) in [6.07, 6.45) is 0.361. The number of carbonyl (C=O) groups is 1. The summed E-state index contributed by atoms with van der Waals surface area (Å²) in [6.45, 7) is 0.383. The molecule has 14 heavy (non-hydrogen) atoms. The van der Waals surface area contributed by atoms with Crippen LogP contribution in [0, 0.1) is 11.3 Å². The first-order chi connectivity index (χ1) is 6.72. The maximum atomic E-state index is 11.4. The maximum absolute atomic E-state index is 11.4. The van der Waals surface area contributed by atoms with Gasteiger partial charge in [0.15, 0.2) is 5.78 Å². The zero-order valence-corrected chi connectivity index (χ0v) is 7.97. The zero-order valence-electron chi connectivity index (χ0n) is 7.21. The van der Waals surface area contributed by atoms with Crippen LogP contribution in [-0.2, 0) is 0 Å². The van der Waals surface area contributed by atoms with Crippen molar-refractivity contribution in [3.8, 4) is 11.8 Å². The lowest BCUT2D eigenvalue weighted by molar-refractivity contribution is 0.0933. The smallest absolute Gasteiger partial charge is 0.170 e. The van der Waals surface area contributed by atoms with E-state index in [-0.39, 0.29) is 5.78 Å². The molecule has 0 N–H and O–H groups in total. The van der Waals surface area contributed by atoms with Crippen molar-refractivity contribution in [3.63, 3.8) is 0 Å². The van der Waals surface area contributed by atoms with E-state index in [9.17, 15) is 4.79 Å². The Morgan fingerprint density at radius 1 is 1.50 bits per heavy atom. The normalized spacial score (nSPS) is 14.1. The fourth-order valence-corrected chi connectivity index (χ4v) is 1.56. The molecule has 0 aliphatic carbocycles. The Morgan fingerprint density at radius 3 is 3.00 bits per heavy atom. The van der Waals surface area contributed by atoms with Gasteiger partial charge in [-0.15, -0.1) is 0 Å². The topological polar surface area (TPSA) is 50.1 Å². The molecular formula is C10H6ClNO2. The van der Waals surface area contributed by atoms with E-state index in [1.54, 1.807) is 0 Å². The number of nitrogens with zero attached hydrogens (tertiary/aromatic N) is 1. The second-order valence-corrected chi connectivity index (χ2v) is 3.37. The van der Waals surface area contributed by atoms with Crippen LogP contribution in [0.3, 0.4) is 0 Å². The van der Waals surface area contributed by atoms with Crippen LogP contribution in [0.2, 0.25) is 5.02 Å². The summed E-state index contributed by atoms with van der Waals surface area (Å²) in [7, 11) is 0. The quantitative estimate of drug-likeness (QED) is 0.655. The Balaban J connectivity index is 2.62. The summed E-state index contributed by atoms with van der Waals surface area (Å²) >= 11 is 5.80. The van der Waals surface area contributed by atoms with Crippen LogP contribution in [0.5, 0.6) is 5.75 Å². The van der Waals surface area contributed by atoms with Gasteiger partial charge < -0.3 is 4.74 Å². The van der Waals surface area contributed by atoms with Gasteiger partial charge in [-0.1, -0.05) is 11.6 Å². The van der Waals surface area contributed by atoms with Gasteiger partial charge in [-0.2, -0.15) is 5.26 Å². The molecule has 0 saturated heterocycles. The monoisotopic (exact) mass is 207 g/mol. The van der Waals surface area contributed by atoms with E-state index < -0.39 is 0 Å². The minimum absolute atomic E-state index is 0.000540. The van der Waals surface area contributed by atoms with E-state index in [1.807, 2.05) is 6.07 Å². The summed E-state index contributed by atoms with van der Waals surface area (Å²) in [5.41, 5.74) is 0.765. The van der Waals surface area contributed by atoms with E-state index in [1.165, 1.54) is 12.1 Å². The molecule has 1 aromatic carbocycles. The fourth-order valence-electron chi connectivity index (χ4n) is 1.37. The molecule has 0 fully saturated rings. The highest BCUT2D eigenvalue weighted by atomic mass is 35.5. The van der Waals surface area contributed by atoms with Gasteiger partial charge in [0.2, 0.25) is 0 Å². The minimum atomic E-state index is -0.000540. The number of halogens is 1. The predicted molar refractivity (Wildman–Crippen MR) is 50.6 cm³/mol. The molecule has 0 radical (unpaired) electrons. The number of rotatable bonds is 0. The number of benzene rings is 1. The fraction of sp³-hybridized carbons (Fsp3) is 0.200. The number of fused-ring (bicyclic) bond motifs is 1. The largest absolute Gasteiger partial charge is 0.492 e. The lowest BCUT2D eigenvalue weighted by Crippen LogP contribution is -2.15. The summed E-state index contributed by atoms with van der Waals surface area (Å²) in [5, 5.41) is 9.04. The van der Waals surface area contributed by atoms with Gasteiger partial charge in [0.1, 0.15) is 11.8 Å². The lowest BCUT2D eigenvalue weighted by Gasteiger charge is -2.16. The molecule has 3 nitrogen and oxygen atoms in total. The van der Waals surface area contributed by atoms with Gasteiger partial charge in [0.05, 0.1) is 22.8 Å². The van der Waals surface area contributed by atoms with Gasteiger partial charge in [-0.25, -0.2) is 0 Å². The minimum Gasteiger partial charge on any atom is -0.492 e. The molecule has 0 spiro atoms. The van der Waals surface area contributed by atoms with E-state index in [0.29, 0.717) is 34.9 Å². The van der Waals surface area contributed by atoms with Crippen LogP contribution in [0.1, 0.15) is 22.3 Å². The number of ketones is 1. The van der Waals surface area contributed by atoms with E-state index in [0.717, 1.165) is 0 Å². The number of hydrogen-bond donors (Lipinski definition) is 0. The Labute approximate surface area is 85.9 Å². The van der Waals surface area contributed by atoms with Crippen LogP contribution < -0.4 is 4.74 Å². The van der Waals surface area contributed by atoms with E-state index in [4.69, 9.17) is 21.6 Å². The maximum Gasteiger partial charge on any atom is 0.170 e. The predicted octanol–water partition coefficient (Wildman–Crippen LogP) is 2.18. The number of nitriles is 1. The van der Waals surface area contributed by atoms with Crippen LogP contribution >= 0.6 is 11.6 Å². The third kappa shape index (κ3) is 1.34. The standard InChI is InChI=1S/C10H6ClNO2/c11-8-4-10-7(3-6(8)5-12)9(13)1-2-14-10/h3-4H,1-2H2. The zero-order chi connectivity index (χ0) is 10.1. The Hall–Kier alpha value is -1.53. The Morgan fingerprint density at radius 2 is 2.29 bits per heavy atom. The molecule has 0 atom stereocenters. The Bertz CT molecular complexity index is 448. The molecule has 0 unspecified atom stereocenters. The van der Waals surface area contributed by atoms with Gasteiger partial charge >= 0.3 is 0 Å². The molecule has 0 saturated carbocycles. The third-order valence-corrected chi connectivity index (χ3v) is 2.39. The van der Waals surface area contributed by atoms with Gasteiger partial charge in [0, 0.05) is 12.5 Å². The first-order valence-electron chi connectivity index (χ1n) is 4.12. The van der Waals surface area contributed by atoms with Crippen molar-refractivity contribution >= 4 is 17.4 Å². The molecule has 0 bridgehead atoms. The number of Topliss-reactive ketones (excluding diaryl/α,β-unsaturated/α-hetero) is 1. The van der Waals surface area contributed by atoms with Crippen molar-refractivity contribution in [2.75, 3.05) is 6.61 Å². The van der Waals surface area contributed by atoms with Gasteiger partial charge in [-0.05, 0) is 6.07 Å². The summed E-state index contributed by atoms with van der Waals surface area (Å²) in [6, 6.07) is 4.93. The highest BCUT2D eigenvalue weighted by molar-refractivity contribution is 6.32. The molecule has 0 aromatic heterocycles. The average molecular weight is 208 g/mol. The SMILES string of the molecule is N#Cc1cc2c(cc1Cl)OCCC2=O. The van der Waals surface area contributed by atoms with Crippen molar-refractivity contribution < 1.29 is 9.53 Å². The molecular weight excluding hydrogens is 202 g/mol. The Kier molecular flexibility index (Phi) is 2.14. The van der Waals surface area contributed by atoms with Crippen molar-refractivity contribution in [1.29, 1.82) is 5.26 Å². The van der Waals surface area contributed by atoms with E-state index >= 15 is 0 Å². The number of hydrogen-bond acceptors (Lipinski definition) is 3. The first kappa shape index (κ1) is 9.04. The highest BCUT2D eigenvalue weighted by Crippen LogP contribution is 2.30. The highest BCUT2D eigenvalue weighted by Gasteiger charge is 2.20. The van der Waals surface area contributed by atoms with Crippen LogP contribution in [0.25, 0.3) is 0 Å². The number of carbonyl (C=O) groups excluding carboxylic acids is 1. The van der Waals surface area contributed by atoms with Crippen LogP contribution in [-0.4, -0.2) is 12.4 Å². The summed E-state index contributed by atoms with van der Waals surface area (Å²) < 4.78 is 5.26. The molecule has 0 amide bonds. The third-order valence-electron chi connectivity index (χ3n) is 2.08. The second-order valence-electron chi connectivity index (χ2n) is 2.96. The van der Waals surface area contributed by atoms with Crippen molar-refractivity contribution in [2.45, 2.75) is 6.42 Å². The van der Waals surface area contributed by atoms with Crippen molar-refractivity contribution in [3.05, 3.63) is 28.3 Å². The molecule has 1 aliphatic rings. The lowest BCUT2D eigenvalue weighted by atomic mass is 10.0. The summed E-state index contributed by atoms with van der Waals surface area (Å²) in [4.78, 5) is 11.4. The van der Waals surface area contributed by atoms with Gasteiger partial charge in [0.25, 0.3) is 0 Å². The molecule has 1 aliphatic heterocycles. The average Bonchev–Trinajstić information content (AvgIpc) is 2.17. The van der Waals surface area contributed by atoms with E-state index in [2.05, 4.69) is 0 Å². The van der Waals surface area contributed by atoms with Crippen molar-refractivity contribution in [2.24, 2.45) is 0 Å². The molecule has 70 valence electrons. The molecule has 1 heterocycles. The summed E-state index contributed by atoms with van der Waals surface area (Å²) in [5.74, 6) is 0.477. The second kappa shape index (κ2) is 3.32. The number of ether oxygens (including phenoxy) is 1.